The minimum Gasteiger partial charge on any atom is -0.490 e. The number of ether oxygens (including phenoxy) is 3. The lowest BCUT2D eigenvalue weighted by Crippen LogP contribution is -2.31. The highest BCUT2D eigenvalue weighted by atomic mass is 16.5. The fraction of sp³-hybridized carbons (Fsp3) is 0.448. The zero-order valence-electron chi connectivity index (χ0n) is 22.0. The fourth-order valence-corrected chi connectivity index (χ4v) is 4.64. The van der Waals surface area contributed by atoms with Crippen LogP contribution in [0, 0.1) is 13.8 Å². The molecule has 4 rings (SSSR count). The molecule has 1 aliphatic rings. The standard InChI is InChI=1S/C29H35NO6/c1-7-33-22-11-10-20(16-24(22)34-8-2)26-25-27(31)21-14-18(5)19(6)15-23(21)36-28(25)29(32)30(26)12-9-13-35-17(3)4/h10-11,14-17,26H,7-9,12-13H2,1-6H3. The van der Waals surface area contributed by atoms with Gasteiger partial charge in [-0.3, -0.25) is 9.59 Å². The van der Waals surface area contributed by atoms with E-state index in [1.807, 2.05) is 71.9 Å². The van der Waals surface area contributed by atoms with E-state index in [1.165, 1.54) is 0 Å². The van der Waals surface area contributed by atoms with Gasteiger partial charge in [-0.05, 0) is 88.9 Å². The van der Waals surface area contributed by atoms with Crippen molar-refractivity contribution < 1.29 is 23.4 Å². The molecule has 1 unspecified atom stereocenters. The summed E-state index contributed by atoms with van der Waals surface area (Å²) in [5.74, 6) is 1.03. The van der Waals surface area contributed by atoms with Crippen LogP contribution in [-0.2, 0) is 4.74 Å². The second kappa shape index (κ2) is 10.7. The number of nitrogens with zero attached hydrogens (tertiary/aromatic N) is 1. The lowest BCUT2D eigenvalue weighted by molar-refractivity contribution is 0.0593. The largest absolute Gasteiger partial charge is 0.490 e. The molecular formula is C29H35NO6. The Morgan fingerprint density at radius 1 is 0.972 bits per heavy atom. The second-order valence-corrected chi connectivity index (χ2v) is 9.35. The van der Waals surface area contributed by atoms with Crippen molar-refractivity contribution in [1.29, 1.82) is 0 Å². The van der Waals surface area contributed by atoms with Gasteiger partial charge in [0.1, 0.15) is 5.58 Å². The molecule has 2 aromatic carbocycles. The molecule has 0 spiro atoms. The predicted octanol–water partition coefficient (Wildman–Crippen LogP) is 5.57. The average molecular weight is 494 g/mol. The van der Waals surface area contributed by atoms with E-state index in [9.17, 15) is 9.59 Å². The number of carbonyl (C=O) groups excluding carboxylic acids is 1. The summed E-state index contributed by atoms with van der Waals surface area (Å²) in [6.45, 7) is 13.6. The number of amides is 1. The molecule has 36 heavy (non-hydrogen) atoms. The van der Waals surface area contributed by atoms with Crippen molar-refractivity contribution in [3.8, 4) is 11.5 Å². The van der Waals surface area contributed by atoms with E-state index in [0.29, 0.717) is 60.8 Å². The molecule has 0 fully saturated rings. The molecule has 1 atom stereocenters. The number of fused-ring (bicyclic) bond motifs is 2. The quantitative estimate of drug-likeness (QED) is 0.344. The Bertz CT molecular complexity index is 1330. The highest BCUT2D eigenvalue weighted by molar-refractivity contribution is 5.99. The molecule has 0 saturated carbocycles. The molecule has 1 aromatic heterocycles. The molecule has 7 heteroatoms. The first-order valence-electron chi connectivity index (χ1n) is 12.7. The third-order valence-electron chi connectivity index (χ3n) is 6.46. The minimum absolute atomic E-state index is 0.104. The van der Waals surface area contributed by atoms with E-state index in [2.05, 4.69) is 0 Å². The summed E-state index contributed by atoms with van der Waals surface area (Å²) in [4.78, 5) is 29.2. The molecule has 2 heterocycles. The van der Waals surface area contributed by atoms with Crippen molar-refractivity contribution >= 4 is 16.9 Å². The molecule has 0 radical (unpaired) electrons. The van der Waals surface area contributed by atoms with Crippen LogP contribution in [0.3, 0.4) is 0 Å². The molecule has 0 saturated heterocycles. The molecule has 1 amide bonds. The van der Waals surface area contributed by atoms with E-state index < -0.39 is 6.04 Å². The lowest BCUT2D eigenvalue weighted by Gasteiger charge is -2.26. The van der Waals surface area contributed by atoms with Crippen LogP contribution in [0.5, 0.6) is 11.5 Å². The zero-order valence-corrected chi connectivity index (χ0v) is 22.0. The molecular weight excluding hydrogens is 458 g/mol. The Balaban J connectivity index is 1.86. The molecule has 0 aliphatic carbocycles. The van der Waals surface area contributed by atoms with Gasteiger partial charge >= 0.3 is 0 Å². The maximum absolute atomic E-state index is 13.8. The van der Waals surface area contributed by atoms with Gasteiger partial charge in [0, 0.05) is 13.2 Å². The lowest BCUT2D eigenvalue weighted by atomic mass is 9.97. The van der Waals surface area contributed by atoms with Gasteiger partial charge in [-0.1, -0.05) is 6.07 Å². The van der Waals surface area contributed by atoms with E-state index >= 15 is 0 Å². The number of rotatable bonds is 10. The van der Waals surface area contributed by atoms with Crippen LogP contribution in [-0.4, -0.2) is 43.3 Å². The monoisotopic (exact) mass is 493 g/mol. The van der Waals surface area contributed by atoms with Crippen molar-refractivity contribution in [1.82, 2.24) is 4.90 Å². The van der Waals surface area contributed by atoms with Gasteiger partial charge in [0.15, 0.2) is 16.9 Å². The topological polar surface area (TPSA) is 78.2 Å². The number of carbonyl (C=O) groups is 1. The van der Waals surface area contributed by atoms with Crippen molar-refractivity contribution in [2.75, 3.05) is 26.4 Å². The Morgan fingerprint density at radius 3 is 2.36 bits per heavy atom. The molecule has 1 aliphatic heterocycles. The maximum Gasteiger partial charge on any atom is 0.290 e. The number of aryl methyl sites for hydroxylation is 2. The number of benzene rings is 2. The Morgan fingerprint density at radius 2 is 1.67 bits per heavy atom. The van der Waals surface area contributed by atoms with E-state index in [1.54, 1.807) is 4.90 Å². The summed E-state index contributed by atoms with van der Waals surface area (Å²) in [5, 5.41) is 0.482. The van der Waals surface area contributed by atoms with Crippen molar-refractivity contribution in [3.63, 3.8) is 0 Å². The van der Waals surface area contributed by atoms with E-state index in [-0.39, 0.29) is 23.2 Å². The third kappa shape index (κ3) is 4.85. The van der Waals surface area contributed by atoms with Crippen LogP contribution in [0.15, 0.2) is 39.5 Å². The van der Waals surface area contributed by atoms with Gasteiger partial charge in [0.2, 0.25) is 5.76 Å². The summed E-state index contributed by atoms with van der Waals surface area (Å²) in [6, 6.07) is 8.68. The highest BCUT2D eigenvalue weighted by Crippen LogP contribution is 2.41. The first-order valence-corrected chi connectivity index (χ1v) is 12.7. The van der Waals surface area contributed by atoms with Crippen molar-refractivity contribution in [3.05, 3.63) is 68.6 Å². The first-order chi connectivity index (χ1) is 17.3. The average Bonchev–Trinajstić information content (AvgIpc) is 3.11. The SMILES string of the molecule is CCOc1ccc(C2c3c(oc4cc(C)c(C)cc4c3=O)C(=O)N2CCCOC(C)C)cc1OCC. The number of hydrogen-bond acceptors (Lipinski definition) is 6. The van der Waals surface area contributed by atoms with Crippen LogP contribution in [0.2, 0.25) is 0 Å². The minimum atomic E-state index is -0.594. The molecule has 0 bridgehead atoms. The van der Waals surface area contributed by atoms with Crippen molar-refractivity contribution in [2.24, 2.45) is 0 Å². The molecule has 0 N–H and O–H groups in total. The Labute approximate surface area is 212 Å². The maximum atomic E-state index is 13.8. The summed E-state index contributed by atoms with van der Waals surface area (Å²) < 4.78 is 23.4. The predicted molar refractivity (Wildman–Crippen MR) is 139 cm³/mol. The molecule has 3 aromatic rings. The van der Waals surface area contributed by atoms with Crippen LogP contribution >= 0.6 is 0 Å². The van der Waals surface area contributed by atoms with Gasteiger partial charge in [0.25, 0.3) is 5.91 Å². The van der Waals surface area contributed by atoms with Crippen LogP contribution in [0.25, 0.3) is 11.0 Å². The highest BCUT2D eigenvalue weighted by Gasteiger charge is 2.42. The van der Waals surface area contributed by atoms with Gasteiger partial charge in [-0.15, -0.1) is 0 Å². The smallest absolute Gasteiger partial charge is 0.290 e. The van der Waals surface area contributed by atoms with Gasteiger partial charge < -0.3 is 23.5 Å². The number of hydrogen-bond donors (Lipinski definition) is 0. The van der Waals surface area contributed by atoms with Crippen LogP contribution in [0.1, 0.15) is 73.0 Å². The first kappa shape index (κ1) is 25.8. The normalized spacial score (nSPS) is 15.1. The fourth-order valence-electron chi connectivity index (χ4n) is 4.64. The van der Waals surface area contributed by atoms with Gasteiger partial charge in [-0.25, -0.2) is 0 Å². The van der Waals surface area contributed by atoms with Crippen molar-refractivity contribution in [2.45, 2.75) is 60.1 Å². The van der Waals surface area contributed by atoms with E-state index in [0.717, 1.165) is 16.7 Å². The zero-order chi connectivity index (χ0) is 26.0. The molecule has 192 valence electrons. The third-order valence-corrected chi connectivity index (χ3v) is 6.46. The second-order valence-electron chi connectivity index (χ2n) is 9.35. The summed E-state index contributed by atoms with van der Waals surface area (Å²) in [7, 11) is 0. The molecule has 7 nitrogen and oxygen atoms in total. The Hall–Kier alpha value is -3.32. The van der Waals surface area contributed by atoms with Crippen LogP contribution in [0.4, 0.5) is 0 Å². The summed E-state index contributed by atoms with van der Waals surface area (Å²) in [5.41, 5.74) is 3.39. The van der Waals surface area contributed by atoms with Gasteiger partial charge in [0.05, 0.1) is 36.3 Å². The van der Waals surface area contributed by atoms with Gasteiger partial charge in [-0.2, -0.15) is 0 Å². The summed E-state index contributed by atoms with van der Waals surface area (Å²) in [6.07, 6.45) is 0.738. The van der Waals surface area contributed by atoms with E-state index in [4.69, 9.17) is 18.6 Å². The van der Waals surface area contributed by atoms with Crippen LogP contribution < -0.4 is 14.9 Å². The summed E-state index contributed by atoms with van der Waals surface area (Å²) >= 11 is 0. The Kier molecular flexibility index (Phi) is 7.69.